The molecule has 1 atom stereocenters. The molecular weight excluding hydrogens is 182 g/mol. The zero-order valence-electron chi connectivity index (χ0n) is 9.29. The maximum absolute atomic E-state index is 11.1. The van der Waals surface area contributed by atoms with Gasteiger partial charge in [-0.25, -0.2) is 4.79 Å². The Morgan fingerprint density at radius 1 is 1.29 bits per heavy atom. The van der Waals surface area contributed by atoms with Crippen LogP contribution in [0.25, 0.3) is 0 Å². The lowest BCUT2D eigenvalue weighted by Gasteiger charge is -2.15. The maximum atomic E-state index is 11.1. The predicted molar refractivity (Wildman–Crippen MR) is 53.7 cm³/mol. The van der Waals surface area contributed by atoms with Gasteiger partial charge in [0.15, 0.2) is 0 Å². The molecule has 0 rings (SSSR count). The summed E-state index contributed by atoms with van der Waals surface area (Å²) in [6.45, 7) is 8.06. The van der Waals surface area contributed by atoms with Crippen molar-refractivity contribution in [3.63, 3.8) is 0 Å². The summed E-state index contributed by atoms with van der Waals surface area (Å²) in [7, 11) is 0. The number of amides is 1. The third kappa shape index (κ3) is 4.84. The molecule has 4 nitrogen and oxygen atoms in total. The summed E-state index contributed by atoms with van der Waals surface area (Å²) in [5.41, 5.74) is 0. The smallest absolute Gasteiger partial charge is 0.397 e. The largest absolute Gasteiger partial charge is 0.455 e. The fraction of sp³-hybridized carbons (Fsp3) is 0.800. The van der Waals surface area contributed by atoms with Crippen LogP contribution < -0.4 is 5.32 Å². The first-order chi connectivity index (χ1) is 6.49. The van der Waals surface area contributed by atoms with Gasteiger partial charge in [-0.3, -0.25) is 4.79 Å². The van der Waals surface area contributed by atoms with E-state index in [1.165, 1.54) is 0 Å². The van der Waals surface area contributed by atoms with Crippen molar-refractivity contribution in [2.75, 3.05) is 6.54 Å². The van der Waals surface area contributed by atoms with Crippen molar-refractivity contribution < 1.29 is 14.3 Å². The van der Waals surface area contributed by atoms with Crippen LogP contribution in [0.2, 0.25) is 0 Å². The van der Waals surface area contributed by atoms with Crippen LogP contribution in [0.4, 0.5) is 0 Å². The first-order valence-electron chi connectivity index (χ1n) is 4.97. The minimum Gasteiger partial charge on any atom is -0.455 e. The molecule has 1 N–H and O–H groups in total. The summed E-state index contributed by atoms with van der Waals surface area (Å²) in [6, 6.07) is 0. The standard InChI is InChI=1S/C10H19NO3/c1-5-6-11-9(12)10(13)14-8(4)7(2)3/h7-8H,5-6H2,1-4H3,(H,11,12)/t8-/m1/s1. The predicted octanol–water partition coefficient (Wildman–Crippen LogP) is 1.10. The van der Waals surface area contributed by atoms with Crippen molar-refractivity contribution in [2.24, 2.45) is 5.92 Å². The quantitative estimate of drug-likeness (QED) is 0.547. The number of hydrogen-bond acceptors (Lipinski definition) is 3. The van der Waals surface area contributed by atoms with Gasteiger partial charge in [0.25, 0.3) is 0 Å². The van der Waals surface area contributed by atoms with Gasteiger partial charge in [-0.05, 0) is 19.3 Å². The van der Waals surface area contributed by atoms with Gasteiger partial charge in [-0.2, -0.15) is 0 Å². The van der Waals surface area contributed by atoms with E-state index in [-0.39, 0.29) is 12.0 Å². The van der Waals surface area contributed by atoms with E-state index in [1.54, 1.807) is 6.92 Å². The molecule has 82 valence electrons. The Bertz CT molecular complexity index is 202. The number of rotatable bonds is 4. The van der Waals surface area contributed by atoms with E-state index < -0.39 is 11.9 Å². The Morgan fingerprint density at radius 2 is 1.86 bits per heavy atom. The molecule has 0 aliphatic carbocycles. The molecule has 14 heavy (non-hydrogen) atoms. The second kappa shape index (κ2) is 6.40. The summed E-state index contributed by atoms with van der Waals surface area (Å²) in [6.07, 6.45) is 0.577. The van der Waals surface area contributed by atoms with E-state index >= 15 is 0 Å². The highest BCUT2D eigenvalue weighted by molar-refractivity contribution is 6.32. The second-order valence-corrected chi connectivity index (χ2v) is 3.61. The fourth-order valence-electron chi connectivity index (χ4n) is 0.669. The van der Waals surface area contributed by atoms with E-state index in [2.05, 4.69) is 5.32 Å². The van der Waals surface area contributed by atoms with Gasteiger partial charge in [0.1, 0.15) is 6.10 Å². The van der Waals surface area contributed by atoms with Crippen LogP contribution in [-0.4, -0.2) is 24.5 Å². The number of ether oxygens (including phenoxy) is 1. The normalized spacial score (nSPS) is 12.4. The van der Waals surface area contributed by atoms with Crippen LogP contribution in [0, 0.1) is 5.92 Å². The van der Waals surface area contributed by atoms with E-state index in [4.69, 9.17) is 4.74 Å². The molecule has 0 aromatic rings. The van der Waals surface area contributed by atoms with Crippen molar-refractivity contribution in [1.29, 1.82) is 0 Å². The lowest BCUT2D eigenvalue weighted by molar-refractivity contribution is -0.159. The SMILES string of the molecule is CCCNC(=O)C(=O)O[C@H](C)C(C)C. The van der Waals surface area contributed by atoms with E-state index in [0.29, 0.717) is 6.54 Å². The van der Waals surface area contributed by atoms with Crippen molar-refractivity contribution in [3.8, 4) is 0 Å². The molecule has 0 fully saturated rings. The monoisotopic (exact) mass is 201 g/mol. The van der Waals surface area contributed by atoms with E-state index in [9.17, 15) is 9.59 Å². The topological polar surface area (TPSA) is 55.4 Å². The van der Waals surface area contributed by atoms with E-state index in [0.717, 1.165) is 6.42 Å². The molecule has 0 heterocycles. The summed E-state index contributed by atoms with van der Waals surface area (Å²) in [5, 5.41) is 2.46. The average Bonchev–Trinajstić information content (AvgIpc) is 2.13. The van der Waals surface area contributed by atoms with Crippen molar-refractivity contribution in [1.82, 2.24) is 5.32 Å². The molecule has 0 aliphatic heterocycles. The molecule has 0 spiro atoms. The summed E-state index contributed by atoms with van der Waals surface area (Å²) in [4.78, 5) is 22.2. The highest BCUT2D eigenvalue weighted by Crippen LogP contribution is 2.04. The lowest BCUT2D eigenvalue weighted by Crippen LogP contribution is -2.35. The number of hydrogen-bond donors (Lipinski definition) is 1. The minimum absolute atomic E-state index is 0.220. The molecule has 0 bridgehead atoms. The molecule has 0 aliphatic rings. The average molecular weight is 201 g/mol. The summed E-state index contributed by atoms with van der Waals surface area (Å²) >= 11 is 0. The van der Waals surface area contributed by atoms with Gasteiger partial charge in [0.05, 0.1) is 0 Å². The Hall–Kier alpha value is -1.06. The Kier molecular flexibility index (Phi) is 5.92. The Labute approximate surface area is 85.0 Å². The molecule has 0 radical (unpaired) electrons. The van der Waals surface area contributed by atoms with Gasteiger partial charge >= 0.3 is 11.9 Å². The van der Waals surface area contributed by atoms with Gasteiger partial charge in [-0.15, -0.1) is 0 Å². The zero-order valence-corrected chi connectivity index (χ0v) is 9.29. The first-order valence-corrected chi connectivity index (χ1v) is 4.97. The number of carbonyl (C=O) groups is 2. The number of nitrogens with one attached hydrogen (secondary N) is 1. The van der Waals surface area contributed by atoms with Gasteiger partial charge in [0, 0.05) is 6.54 Å². The summed E-state index contributed by atoms with van der Waals surface area (Å²) in [5.74, 6) is -1.23. The van der Waals surface area contributed by atoms with Crippen LogP contribution in [0.3, 0.4) is 0 Å². The lowest BCUT2D eigenvalue weighted by atomic mass is 10.1. The van der Waals surface area contributed by atoms with Gasteiger partial charge < -0.3 is 10.1 Å². The highest BCUT2D eigenvalue weighted by atomic mass is 16.5. The molecule has 1 amide bonds. The number of esters is 1. The maximum Gasteiger partial charge on any atom is 0.397 e. The number of carbonyl (C=O) groups excluding carboxylic acids is 2. The minimum atomic E-state index is -0.792. The third-order valence-electron chi connectivity index (χ3n) is 1.95. The highest BCUT2D eigenvalue weighted by Gasteiger charge is 2.19. The van der Waals surface area contributed by atoms with E-state index in [1.807, 2.05) is 20.8 Å². The molecular formula is C10H19NO3. The zero-order chi connectivity index (χ0) is 11.1. The van der Waals surface area contributed by atoms with Crippen molar-refractivity contribution in [3.05, 3.63) is 0 Å². The Morgan fingerprint density at radius 3 is 2.29 bits per heavy atom. The van der Waals surface area contributed by atoms with Crippen LogP contribution in [0.15, 0.2) is 0 Å². The molecule has 0 aromatic heterocycles. The van der Waals surface area contributed by atoms with Crippen molar-refractivity contribution in [2.45, 2.75) is 40.2 Å². The molecule has 0 unspecified atom stereocenters. The van der Waals surface area contributed by atoms with Gasteiger partial charge in [-0.1, -0.05) is 20.8 Å². The van der Waals surface area contributed by atoms with Crippen LogP contribution in [-0.2, 0) is 14.3 Å². The van der Waals surface area contributed by atoms with Crippen LogP contribution in [0.1, 0.15) is 34.1 Å². The van der Waals surface area contributed by atoms with Crippen LogP contribution in [0.5, 0.6) is 0 Å². The fourth-order valence-corrected chi connectivity index (χ4v) is 0.669. The van der Waals surface area contributed by atoms with Crippen LogP contribution >= 0.6 is 0 Å². The first kappa shape index (κ1) is 12.9. The molecule has 0 aromatic carbocycles. The second-order valence-electron chi connectivity index (χ2n) is 3.61. The molecule has 4 heteroatoms. The Balaban J connectivity index is 3.89. The third-order valence-corrected chi connectivity index (χ3v) is 1.95. The summed E-state index contributed by atoms with van der Waals surface area (Å²) < 4.78 is 4.92. The molecule has 0 saturated heterocycles. The molecule has 0 saturated carbocycles. The van der Waals surface area contributed by atoms with Crippen molar-refractivity contribution >= 4 is 11.9 Å². The van der Waals surface area contributed by atoms with Gasteiger partial charge in [0.2, 0.25) is 0 Å².